The summed E-state index contributed by atoms with van der Waals surface area (Å²) in [6, 6.07) is 3.54. The third-order valence-corrected chi connectivity index (χ3v) is 8.14. The second-order valence-electron chi connectivity index (χ2n) is 5.82. The van der Waals surface area contributed by atoms with Crippen LogP contribution in [0.15, 0.2) is 16.3 Å². The molecule has 10 heteroatoms. The van der Waals surface area contributed by atoms with E-state index in [1.807, 2.05) is 6.07 Å². The summed E-state index contributed by atoms with van der Waals surface area (Å²) in [5.41, 5.74) is 0. The van der Waals surface area contributed by atoms with E-state index < -0.39 is 10.0 Å². The van der Waals surface area contributed by atoms with Crippen LogP contribution in [0.5, 0.6) is 0 Å². The van der Waals surface area contributed by atoms with E-state index in [1.54, 1.807) is 6.07 Å². The van der Waals surface area contributed by atoms with Gasteiger partial charge in [0.1, 0.15) is 10.0 Å². The summed E-state index contributed by atoms with van der Waals surface area (Å²) in [7, 11) is -3.40. The number of aromatic nitrogens is 2. The first-order valence-corrected chi connectivity index (χ1v) is 10.9. The highest BCUT2D eigenvalue weighted by molar-refractivity contribution is 7.91. The lowest BCUT2D eigenvalue weighted by Crippen LogP contribution is -2.40. The molecule has 3 heterocycles. The van der Waals surface area contributed by atoms with Gasteiger partial charge in [0.15, 0.2) is 0 Å². The van der Waals surface area contributed by atoms with Crippen molar-refractivity contribution in [2.75, 3.05) is 31.6 Å². The Morgan fingerprint density at radius 3 is 2.83 bits per heavy atom. The molecular weight excluding hydrogens is 368 g/mol. The van der Waals surface area contributed by atoms with E-state index in [0.717, 1.165) is 15.8 Å². The minimum absolute atomic E-state index is 0.386. The zero-order valence-electron chi connectivity index (χ0n) is 13.0. The Balaban J connectivity index is 1.40. The predicted octanol–water partition coefficient (Wildman–Crippen LogP) is 2.11. The maximum atomic E-state index is 12.6. The van der Waals surface area contributed by atoms with Gasteiger partial charge in [-0.05, 0) is 25.0 Å². The zero-order valence-corrected chi connectivity index (χ0v) is 15.4. The minimum Gasteiger partial charge on any atom is -0.379 e. The number of anilines is 1. The topological polar surface area (TPSA) is 84.4 Å². The van der Waals surface area contributed by atoms with Crippen molar-refractivity contribution in [2.45, 2.75) is 29.5 Å². The van der Waals surface area contributed by atoms with Gasteiger partial charge in [-0.15, -0.1) is 11.3 Å². The average Bonchev–Trinajstić information content (AvgIpc) is 3.15. The van der Waals surface area contributed by atoms with Gasteiger partial charge in [0, 0.05) is 35.4 Å². The molecule has 0 aromatic carbocycles. The SMILES string of the molecule is O=S(=O)(c1ccc(CNc2nc(C3CC3)ns2)s1)N1CCOCC1. The second-order valence-corrected chi connectivity index (χ2v) is 9.91. The molecule has 2 fully saturated rings. The lowest BCUT2D eigenvalue weighted by atomic mass is 10.4. The van der Waals surface area contributed by atoms with Crippen LogP contribution in [0.1, 0.15) is 29.5 Å². The maximum Gasteiger partial charge on any atom is 0.252 e. The van der Waals surface area contributed by atoms with Crippen LogP contribution in [0, 0.1) is 0 Å². The number of nitrogens with one attached hydrogen (secondary N) is 1. The van der Waals surface area contributed by atoms with Gasteiger partial charge in [-0.25, -0.2) is 13.4 Å². The van der Waals surface area contributed by atoms with Crippen molar-refractivity contribution in [3.63, 3.8) is 0 Å². The van der Waals surface area contributed by atoms with Crippen LogP contribution >= 0.6 is 22.9 Å². The number of morpholine rings is 1. The average molecular weight is 387 g/mol. The van der Waals surface area contributed by atoms with Crippen LogP contribution in [0.2, 0.25) is 0 Å². The van der Waals surface area contributed by atoms with Gasteiger partial charge in [0.05, 0.1) is 19.8 Å². The number of nitrogens with zero attached hydrogens (tertiary/aromatic N) is 3. The third kappa shape index (κ3) is 3.47. The first kappa shape index (κ1) is 16.4. The molecule has 0 unspecified atom stereocenters. The van der Waals surface area contributed by atoms with Crippen molar-refractivity contribution in [1.82, 2.24) is 13.7 Å². The van der Waals surface area contributed by atoms with Crippen LogP contribution in [-0.4, -0.2) is 48.4 Å². The Labute approximate surface area is 148 Å². The molecule has 0 amide bonds. The Kier molecular flexibility index (Phi) is 4.56. The summed E-state index contributed by atoms with van der Waals surface area (Å²) in [6.07, 6.45) is 2.37. The molecule has 0 radical (unpaired) electrons. The number of hydrogen-bond acceptors (Lipinski definition) is 8. The number of sulfonamides is 1. The number of hydrogen-bond donors (Lipinski definition) is 1. The lowest BCUT2D eigenvalue weighted by molar-refractivity contribution is 0.0731. The standard InChI is InChI=1S/C14H18N4O3S3/c19-24(20,18-5-7-21-8-6-18)12-4-3-11(22-12)9-15-14-16-13(17-23-14)10-1-2-10/h3-4,10H,1-2,5-9H2,(H,15,16,17). The minimum atomic E-state index is -3.40. The highest BCUT2D eigenvalue weighted by atomic mass is 32.2. The molecule has 24 heavy (non-hydrogen) atoms. The number of ether oxygens (including phenoxy) is 1. The molecule has 2 aromatic rings. The predicted molar refractivity (Wildman–Crippen MR) is 93.1 cm³/mol. The molecule has 2 aliphatic rings. The fraction of sp³-hybridized carbons (Fsp3) is 0.571. The monoisotopic (exact) mass is 386 g/mol. The van der Waals surface area contributed by atoms with Crippen molar-refractivity contribution in [2.24, 2.45) is 0 Å². The van der Waals surface area contributed by atoms with E-state index in [1.165, 1.54) is 40.0 Å². The smallest absolute Gasteiger partial charge is 0.252 e. The maximum absolute atomic E-state index is 12.6. The number of rotatable bonds is 6. The molecule has 7 nitrogen and oxygen atoms in total. The Bertz CT molecular complexity index is 807. The molecular formula is C14H18N4O3S3. The van der Waals surface area contributed by atoms with Gasteiger partial charge in [0.2, 0.25) is 5.13 Å². The van der Waals surface area contributed by atoms with E-state index in [4.69, 9.17) is 4.74 Å². The van der Waals surface area contributed by atoms with E-state index in [0.29, 0.717) is 43.0 Å². The summed E-state index contributed by atoms with van der Waals surface area (Å²) >= 11 is 2.67. The van der Waals surface area contributed by atoms with E-state index in [-0.39, 0.29) is 0 Å². The third-order valence-electron chi connectivity index (χ3n) is 4.00. The van der Waals surface area contributed by atoms with Gasteiger partial charge in [-0.3, -0.25) is 0 Å². The van der Waals surface area contributed by atoms with E-state index >= 15 is 0 Å². The molecule has 130 valence electrons. The molecule has 1 saturated carbocycles. The molecule has 1 aliphatic carbocycles. The number of thiophene rings is 1. The van der Waals surface area contributed by atoms with E-state index in [9.17, 15) is 8.42 Å². The molecule has 4 rings (SSSR count). The van der Waals surface area contributed by atoms with E-state index in [2.05, 4.69) is 14.7 Å². The quantitative estimate of drug-likeness (QED) is 0.819. The van der Waals surface area contributed by atoms with Gasteiger partial charge in [-0.1, -0.05) is 0 Å². The Hall–Kier alpha value is -1.07. The molecule has 1 aliphatic heterocycles. The van der Waals surface area contributed by atoms with Gasteiger partial charge >= 0.3 is 0 Å². The molecule has 0 bridgehead atoms. The normalized spacial score (nSPS) is 19.5. The molecule has 1 saturated heterocycles. The highest BCUT2D eigenvalue weighted by Gasteiger charge is 2.28. The van der Waals surface area contributed by atoms with Gasteiger partial charge < -0.3 is 10.1 Å². The molecule has 1 N–H and O–H groups in total. The van der Waals surface area contributed by atoms with Gasteiger partial charge in [0.25, 0.3) is 10.0 Å². The fourth-order valence-electron chi connectivity index (χ4n) is 2.48. The first-order chi connectivity index (χ1) is 11.6. The first-order valence-electron chi connectivity index (χ1n) is 7.87. The summed E-state index contributed by atoms with van der Waals surface area (Å²) in [4.78, 5) is 5.44. The Morgan fingerprint density at radius 2 is 2.08 bits per heavy atom. The lowest BCUT2D eigenvalue weighted by Gasteiger charge is -2.25. The van der Waals surface area contributed by atoms with Crippen molar-refractivity contribution in [3.05, 3.63) is 22.8 Å². The molecule has 0 atom stereocenters. The molecule has 2 aromatic heterocycles. The van der Waals surface area contributed by atoms with Crippen LogP contribution in [-0.2, 0) is 21.3 Å². The van der Waals surface area contributed by atoms with Crippen LogP contribution in [0.4, 0.5) is 5.13 Å². The van der Waals surface area contributed by atoms with Crippen molar-refractivity contribution in [3.8, 4) is 0 Å². The van der Waals surface area contributed by atoms with Crippen molar-refractivity contribution < 1.29 is 13.2 Å². The largest absolute Gasteiger partial charge is 0.379 e. The molecule has 0 spiro atoms. The van der Waals surface area contributed by atoms with Gasteiger partial charge in [-0.2, -0.15) is 8.68 Å². The fourth-order valence-corrected chi connectivity index (χ4v) is 5.98. The second kappa shape index (κ2) is 6.68. The summed E-state index contributed by atoms with van der Waals surface area (Å²) in [5.74, 6) is 1.48. The van der Waals surface area contributed by atoms with Crippen molar-refractivity contribution in [1.29, 1.82) is 0 Å². The summed E-state index contributed by atoms with van der Waals surface area (Å²) < 4.78 is 36.7. The van der Waals surface area contributed by atoms with Crippen LogP contribution in [0.25, 0.3) is 0 Å². The van der Waals surface area contributed by atoms with Crippen LogP contribution < -0.4 is 5.32 Å². The Morgan fingerprint density at radius 1 is 1.29 bits per heavy atom. The summed E-state index contributed by atoms with van der Waals surface area (Å²) in [5, 5.41) is 4.03. The van der Waals surface area contributed by atoms with Crippen LogP contribution in [0.3, 0.4) is 0 Å². The summed E-state index contributed by atoms with van der Waals surface area (Å²) in [6.45, 7) is 2.31. The highest BCUT2D eigenvalue weighted by Crippen LogP contribution is 2.39. The zero-order chi connectivity index (χ0) is 16.6. The van der Waals surface area contributed by atoms with Crippen molar-refractivity contribution >= 4 is 38.0 Å².